The minimum atomic E-state index is -0.359. The predicted octanol–water partition coefficient (Wildman–Crippen LogP) is 3.94. The van der Waals surface area contributed by atoms with Gasteiger partial charge in [-0.2, -0.15) is 0 Å². The second-order valence-electron chi connectivity index (χ2n) is 4.67. The van der Waals surface area contributed by atoms with Gasteiger partial charge >= 0.3 is 0 Å². The first kappa shape index (κ1) is 16.3. The molecule has 0 amide bonds. The number of hydrogen-bond acceptors (Lipinski definition) is 4. The minimum absolute atomic E-state index is 0.359. The van der Waals surface area contributed by atoms with Crippen LogP contribution in [0.15, 0.2) is 45.6 Å². The topological polar surface area (TPSA) is 63.1 Å². The third-order valence-electron chi connectivity index (χ3n) is 2.97. The molecule has 1 aliphatic carbocycles. The lowest BCUT2D eigenvalue weighted by atomic mass is 10.1. The molecule has 0 aromatic carbocycles. The third kappa shape index (κ3) is 5.30. The van der Waals surface area contributed by atoms with E-state index in [4.69, 9.17) is 0 Å². The van der Waals surface area contributed by atoms with Gasteiger partial charge in [0.15, 0.2) is 6.29 Å². The van der Waals surface area contributed by atoms with Crippen molar-refractivity contribution in [3.8, 4) is 0 Å². The monoisotopic (exact) mass is 412 g/mol. The van der Waals surface area contributed by atoms with Crippen LogP contribution in [-0.4, -0.2) is 21.4 Å². The number of aliphatic hydroxyl groups is 1. The van der Waals surface area contributed by atoms with E-state index in [0.29, 0.717) is 22.5 Å². The number of halogens is 2. The molecule has 6 heteroatoms. The van der Waals surface area contributed by atoms with Crippen molar-refractivity contribution in [2.75, 3.05) is 0 Å². The maximum atomic E-state index is 10.1. The molecule has 0 aliphatic heterocycles. The number of rotatable bonds is 3. The fourth-order valence-corrected chi connectivity index (χ4v) is 2.45. The van der Waals surface area contributed by atoms with Gasteiger partial charge in [0.2, 0.25) is 0 Å². The van der Waals surface area contributed by atoms with Crippen molar-refractivity contribution in [3.63, 3.8) is 0 Å². The Kier molecular flexibility index (Phi) is 6.02. The van der Waals surface area contributed by atoms with Gasteiger partial charge in [-0.25, -0.2) is 9.97 Å². The molecule has 4 nitrogen and oxygen atoms in total. The maximum Gasteiger partial charge on any atom is 0.168 e. The van der Waals surface area contributed by atoms with Crippen LogP contribution in [0.5, 0.6) is 0 Å². The van der Waals surface area contributed by atoms with Crippen LogP contribution in [0.4, 0.5) is 0 Å². The van der Waals surface area contributed by atoms with Crippen molar-refractivity contribution in [1.82, 2.24) is 9.97 Å². The molecule has 21 heavy (non-hydrogen) atoms. The van der Waals surface area contributed by atoms with Crippen molar-refractivity contribution in [2.24, 2.45) is 5.92 Å². The van der Waals surface area contributed by atoms with E-state index in [-0.39, 0.29) is 6.10 Å². The summed E-state index contributed by atoms with van der Waals surface area (Å²) in [5.74, 6) is 0.451. The number of aldehydes is 1. The lowest BCUT2D eigenvalue weighted by Crippen LogP contribution is -2.01. The molecule has 110 valence electrons. The molecule has 0 bridgehead atoms. The summed E-state index contributed by atoms with van der Waals surface area (Å²) in [7, 11) is 0. The Bertz CT molecular complexity index is 618. The largest absolute Gasteiger partial charge is 0.387 e. The van der Waals surface area contributed by atoms with Crippen LogP contribution in [0.25, 0.3) is 0 Å². The van der Waals surface area contributed by atoms with Crippen LogP contribution in [0.2, 0.25) is 0 Å². The lowest BCUT2D eigenvalue weighted by Gasteiger charge is -2.07. The molecule has 1 N–H and O–H groups in total. The Morgan fingerprint density at radius 2 is 1.71 bits per heavy atom. The Balaban J connectivity index is 0.000000161. The Labute approximate surface area is 139 Å². The van der Waals surface area contributed by atoms with E-state index in [9.17, 15) is 9.90 Å². The number of carbonyl (C=O) groups is 1. The molecular weight excluding hydrogens is 400 g/mol. The quantitative estimate of drug-likeness (QED) is 0.611. The first-order valence-electron chi connectivity index (χ1n) is 6.48. The van der Waals surface area contributed by atoms with Crippen molar-refractivity contribution < 1.29 is 9.90 Å². The van der Waals surface area contributed by atoms with E-state index in [0.717, 1.165) is 23.1 Å². The lowest BCUT2D eigenvalue weighted by molar-refractivity contribution is 0.111. The maximum absolute atomic E-state index is 10.1. The molecule has 2 heterocycles. The zero-order valence-corrected chi connectivity index (χ0v) is 14.3. The minimum Gasteiger partial charge on any atom is -0.387 e. The SMILES string of the molecule is O=Cc1cccc(Br)n1.OC(c1cccc(Br)n1)C1CC1. The number of aromatic nitrogens is 2. The highest BCUT2D eigenvalue weighted by atomic mass is 79.9. The van der Waals surface area contributed by atoms with Gasteiger partial charge in [0.1, 0.15) is 14.9 Å². The van der Waals surface area contributed by atoms with Crippen LogP contribution >= 0.6 is 31.9 Å². The fourth-order valence-electron chi connectivity index (χ4n) is 1.73. The standard InChI is InChI=1S/C9H10BrNO.C6H4BrNO/c10-8-3-1-2-7(11-8)9(12)6-4-5-6;7-6-3-1-2-5(4-9)8-6/h1-3,6,9,12H,4-5H2;1-4H. The number of aliphatic hydroxyl groups excluding tert-OH is 1. The highest BCUT2D eigenvalue weighted by Crippen LogP contribution is 2.40. The van der Waals surface area contributed by atoms with E-state index >= 15 is 0 Å². The average Bonchev–Trinajstić information content (AvgIpc) is 3.32. The zero-order chi connectivity index (χ0) is 15.2. The molecule has 0 spiro atoms. The van der Waals surface area contributed by atoms with Crippen molar-refractivity contribution in [1.29, 1.82) is 0 Å². The molecule has 2 aromatic heterocycles. The average molecular weight is 414 g/mol. The zero-order valence-electron chi connectivity index (χ0n) is 11.1. The van der Waals surface area contributed by atoms with E-state index in [1.807, 2.05) is 18.2 Å². The van der Waals surface area contributed by atoms with Gasteiger partial charge in [0.05, 0.1) is 11.8 Å². The van der Waals surface area contributed by atoms with Crippen molar-refractivity contribution >= 4 is 38.1 Å². The second kappa shape index (κ2) is 7.77. The van der Waals surface area contributed by atoms with Crippen molar-refractivity contribution in [2.45, 2.75) is 18.9 Å². The Morgan fingerprint density at radius 1 is 1.10 bits per heavy atom. The van der Waals surface area contributed by atoms with E-state index < -0.39 is 0 Å². The molecule has 1 aliphatic rings. The van der Waals surface area contributed by atoms with E-state index in [1.54, 1.807) is 18.2 Å². The molecule has 3 rings (SSSR count). The van der Waals surface area contributed by atoms with Crippen molar-refractivity contribution in [3.05, 3.63) is 57.0 Å². The summed E-state index contributed by atoms with van der Waals surface area (Å²) in [6.07, 6.45) is 2.62. The van der Waals surface area contributed by atoms with Gasteiger partial charge < -0.3 is 5.11 Å². The number of pyridine rings is 2. The van der Waals surface area contributed by atoms with Gasteiger partial charge in [-0.3, -0.25) is 4.79 Å². The van der Waals surface area contributed by atoms with Gasteiger partial charge in [-0.1, -0.05) is 12.1 Å². The Morgan fingerprint density at radius 3 is 2.19 bits per heavy atom. The fraction of sp³-hybridized carbons (Fsp3) is 0.267. The first-order valence-corrected chi connectivity index (χ1v) is 8.07. The van der Waals surface area contributed by atoms with Crippen LogP contribution in [0.1, 0.15) is 35.1 Å². The van der Waals surface area contributed by atoms with E-state index in [2.05, 4.69) is 41.8 Å². The summed E-state index contributed by atoms with van der Waals surface area (Å²) < 4.78 is 1.48. The Hall–Kier alpha value is -1.11. The second-order valence-corrected chi connectivity index (χ2v) is 6.30. The van der Waals surface area contributed by atoms with Crippen LogP contribution in [-0.2, 0) is 0 Å². The van der Waals surface area contributed by atoms with Gasteiger partial charge in [0.25, 0.3) is 0 Å². The summed E-state index contributed by atoms with van der Waals surface area (Å²) in [6, 6.07) is 10.8. The molecule has 0 radical (unpaired) electrons. The molecule has 1 atom stereocenters. The predicted molar refractivity (Wildman–Crippen MR) is 86.9 cm³/mol. The number of carbonyl (C=O) groups excluding carboxylic acids is 1. The molecule has 1 fully saturated rings. The number of nitrogens with zero attached hydrogens (tertiary/aromatic N) is 2. The normalized spacial score (nSPS) is 14.8. The summed E-state index contributed by atoms with van der Waals surface area (Å²) in [5, 5.41) is 9.70. The molecule has 1 saturated carbocycles. The van der Waals surface area contributed by atoms with Gasteiger partial charge in [-0.15, -0.1) is 0 Å². The summed E-state index contributed by atoms with van der Waals surface area (Å²) in [4.78, 5) is 18.1. The number of hydrogen-bond donors (Lipinski definition) is 1. The van der Waals surface area contributed by atoms with Gasteiger partial charge in [-0.05, 0) is 74.9 Å². The summed E-state index contributed by atoms with van der Waals surface area (Å²) >= 11 is 6.41. The van der Waals surface area contributed by atoms with Crippen LogP contribution < -0.4 is 0 Å². The van der Waals surface area contributed by atoms with Crippen LogP contribution in [0.3, 0.4) is 0 Å². The smallest absolute Gasteiger partial charge is 0.168 e. The summed E-state index contributed by atoms with van der Waals surface area (Å²) in [5.41, 5.74) is 1.23. The summed E-state index contributed by atoms with van der Waals surface area (Å²) in [6.45, 7) is 0. The highest BCUT2D eigenvalue weighted by molar-refractivity contribution is 9.10. The molecule has 2 aromatic rings. The molecule has 0 saturated heterocycles. The first-order chi connectivity index (χ1) is 10.1. The van der Waals surface area contributed by atoms with E-state index in [1.165, 1.54) is 0 Å². The van der Waals surface area contributed by atoms with Crippen LogP contribution in [0, 0.1) is 5.92 Å². The molecular formula is C15H14Br2N2O2. The third-order valence-corrected chi connectivity index (χ3v) is 3.85. The van der Waals surface area contributed by atoms with Gasteiger partial charge in [0, 0.05) is 0 Å². The molecule has 1 unspecified atom stereocenters. The highest BCUT2D eigenvalue weighted by Gasteiger charge is 2.31.